The maximum atomic E-state index is 5.31. The number of hydrogen-bond acceptors (Lipinski definition) is 3. The largest absolute Gasteiger partial charge is 0.365 e. The summed E-state index contributed by atoms with van der Waals surface area (Å²) in [5, 5.41) is 3.22. The average molecular weight is 158 g/mol. The third-order valence-electron chi connectivity index (χ3n) is 2.22. The molecule has 1 aliphatic heterocycles. The second kappa shape index (κ2) is 4.70. The highest BCUT2D eigenvalue weighted by atomic mass is 16.5. The first-order valence-electron chi connectivity index (χ1n) is 4.41. The highest BCUT2D eigenvalue weighted by Gasteiger charge is 2.17. The quantitative estimate of drug-likeness (QED) is 0.638. The zero-order chi connectivity index (χ0) is 8.10. The van der Waals surface area contributed by atoms with Crippen LogP contribution in [0.15, 0.2) is 0 Å². The van der Waals surface area contributed by atoms with Gasteiger partial charge in [0.05, 0.1) is 13.3 Å². The highest BCUT2D eigenvalue weighted by molar-refractivity contribution is 4.73. The summed E-state index contributed by atoms with van der Waals surface area (Å²) in [7, 11) is 0. The molecule has 1 unspecified atom stereocenters. The van der Waals surface area contributed by atoms with E-state index in [9.17, 15) is 0 Å². The van der Waals surface area contributed by atoms with Gasteiger partial charge in [-0.2, -0.15) is 0 Å². The van der Waals surface area contributed by atoms with E-state index in [0.717, 1.165) is 33.0 Å². The topological polar surface area (TPSA) is 24.5 Å². The molecule has 0 spiro atoms. The molecular formula is C8H18N2O. The Morgan fingerprint density at radius 1 is 1.45 bits per heavy atom. The fraction of sp³-hybridized carbons (Fsp3) is 1.00. The normalized spacial score (nSPS) is 25.9. The highest BCUT2D eigenvalue weighted by Crippen LogP contribution is 2.01. The third kappa shape index (κ3) is 2.43. The number of likely N-dealkylation sites (N-methyl/N-ethyl adjacent to an activating group) is 1. The molecule has 0 radical (unpaired) electrons. The van der Waals surface area contributed by atoms with Crippen molar-refractivity contribution in [2.75, 3.05) is 33.0 Å². The molecule has 0 saturated carbocycles. The predicted molar refractivity (Wildman–Crippen MR) is 45.5 cm³/mol. The fourth-order valence-electron chi connectivity index (χ4n) is 1.53. The minimum atomic E-state index is 0.582. The Kier molecular flexibility index (Phi) is 3.83. The van der Waals surface area contributed by atoms with E-state index in [1.54, 1.807) is 0 Å². The Labute approximate surface area is 68.7 Å². The summed E-state index contributed by atoms with van der Waals surface area (Å²) in [6.45, 7) is 9.29. The van der Waals surface area contributed by atoms with Crippen molar-refractivity contribution in [2.45, 2.75) is 19.9 Å². The Bertz CT molecular complexity index is 98.3. The summed E-state index contributed by atoms with van der Waals surface area (Å²) in [5.74, 6) is 0. The van der Waals surface area contributed by atoms with Gasteiger partial charge in [-0.25, -0.2) is 0 Å². The first-order chi connectivity index (χ1) is 5.38. The standard InChI is InChI=1S/C8H18N2O/c1-3-10(4-2)8-5-9-7-11-6-8/h8-9H,3-7H2,1-2H3. The van der Waals surface area contributed by atoms with Crippen molar-refractivity contribution < 1.29 is 4.74 Å². The van der Waals surface area contributed by atoms with Crippen molar-refractivity contribution in [1.82, 2.24) is 10.2 Å². The van der Waals surface area contributed by atoms with Gasteiger partial charge in [0, 0.05) is 12.6 Å². The average Bonchev–Trinajstić information content (AvgIpc) is 2.09. The van der Waals surface area contributed by atoms with Gasteiger partial charge < -0.3 is 4.74 Å². The van der Waals surface area contributed by atoms with E-state index >= 15 is 0 Å². The van der Waals surface area contributed by atoms with Crippen LogP contribution in [0.2, 0.25) is 0 Å². The van der Waals surface area contributed by atoms with Crippen LogP contribution in [0.4, 0.5) is 0 Å². The lowest BCUT2D eigenvalue weighted by atomic mass is 10.2. The van der Waals surface area contributed by atoms with Gasteiger partial charge >= 0.3 is 0 Å². The number of nitrogens with zero attached hydrogens (tertiary/aromatic N) is 1. The Hall–Kier alpha value is -0.120. The van der Waals surface area contributed by atoms with Gasteiger partial charge in [0.2, 0.25) is 0 Å². The molecule has 1 saturated heterocycles. The van der Waals surface area contributed by atoms with Crippen molar-refractivity contribution >= 4 is 0 Å². The Morgan fingerprint density at radius 3 is 2.64 bits per heavy atom. The van der Waals surface area contributed by atoms with Gasteiger partial charge in [-0.05, 0) is 13.1 Å². The van der Waals surface area contributed by atoms with Crippen LogP contribution in [0.3, 0.4) is 0 Å². The summed E-state index contributed by atoms with van der Waals surface area (Å²) >= 11 is 0. The molecule has 0 aromatic carbocycles. The number of rotatable bonds is 3. The van der Waals surface area contributed by atoms with E-state index in [1.807, 2.05) is 0 Å². The summed E-state index contributed by atoms with van der Waals surface area (Å²) in [5.41, 5.74) is 0. The molecular weight excluding hydrogens is 140 g/mol. The molecule has 0 aromatic heterocycles. The molecule has 66 valence electrons. The lowest BCUT2D eigenvalue weighted by Gasteiger charge is -2.32. The molecule has 1 atom stereocenters. The van der Waals surface area contributed by atoms with E-state index in [1.165, 1.54) is 0 Å². The van der Waals surface area contributed by atoms with E-state index in [2.05, 4.69) is 24.1 Å². The van der Waals surface area contributed by atoms with Crippen LogP contribution in [-0.2, 0) is 4.74 Å². The Morgan fingerprint density at radius 2 is 2.18 bits per heavy atom. The van der Waals surface area contributed by atoms with Gasteiger partial charge in [-0.3, -0.25) is 10.2 Å². The molecule has 0 aliphatic carbocycles. The zero-order valence-corrected chi connectivity index (χ0v) is 7.47. The van der Waals surface area contributed by atoms with E-state index in [0.29, 0.717) is 6.04 Å². The maximum Gasteiger partial charge on any atom is 0.0966 e. The first kappa shape index (κ1) is 8.97. The second-order valence-corrected chi connectivity index (χ2v) is 2.84. The number of hydrogen-bond donors (Lipinski definition) is 1. The lowest BCUT2D eigenvalue weighted by molar-refractivity contribution is 0.0164. The van der Waals surface area contributed by atoms with Crippen molar-refractivity contribution in [3.63, 3.8) is 0 Å². The smallest absolute Gasteiger partial charge is 0.0966 e. The van der Waals surface area contributed by atoms with Crippen LogP contribution < -0.4 is 5.32 Å². The molecule has 1 fully saturated rings. The SMILES string of the molecule is CCN(CC)C1CNCOC1. The minimum absolute atomic E-state index is 0.582. The number of ether oxygens (including phenoxy) is 1. The summed E-state index contributed by atoms with van der Waals surface area (Å²) < 4.78 is 5.31. The Balaban J connectivity index is 2.30. The van der Waals surface area contributed by atoms with E-state index < -0.39 is 0 Å². The molecule has 3 nitrogen and oxygen atoms in total. The van der Waals surface area contributed by atoms with Crippen LogP contribution in [0.5, 0.6) is 0 Å². The first-order valence-corrected chi connectivity index (χ1v) is 4.41. The fourth-order valence-corrected chi connectivity index (χ4v) is 1.53. The zero-order valence-electron chi connectivity index (χ0n) is 7.47. The van der Waals surface area contributed by atoms with Crippen LogP contribution >= 0.6 is 0 Å². The van der Waals surface area contributed by atoms with Crippen molar-refractivity contribution in [1.29, 1.82) is 0 Å². The van der Waals surface area contributed by atoms with Gasteiger partial charge in [0.1, 0.15) is 0 Å². The second-order valence-electron chi connectivity index (χ2n) is 2.84. The summed E-state index contributed by atoms with van der Waals surface area (Å²) in [6, 6.07) is 0.582. The molecule has 0 amide bonds. The van der Waals surface area contributed by atoms with Gasteiger partial charge in [-0.1, -0.05) is 13.8 Å². The molecule has 1 N–H and O–H groups in total. The van der Waals surface area contributed by atoms with Crippen LogP contribution in [0.1, 0.15) is 13.8 Å². The molecule has 0 aromatic rings. The van der Waals surface area contributed by atoms with Crippen LogP contribution in [0.25, 0.3) is 0 Å². The third-order valence-corrected chi connectivity index (χ3v) is 2.22. The molecule has 0 bridgehead atoms. The molecule has 3 heteroatoms. The molecule has 1 rings (SSSR count). The van der Waals surface area contributed by atoms with Gasteiger partial charge in [0.15, 0.2) is 0 Å². The molecule has 1 aliphatic rings. The lowest BCUT2D eigenvalue weighted by Crippen LogP contribution is -2.49. The molecule has 11 heavy (non-hydrogen) atoms. The van der Waals surface area contributed by atoms with E-state index in [4.69, 9.17) is 4.74 Å². The van der Waals surface area contributed by atoms with Crippen molar-refractivity contribution in [3.8, 4) is 0 Å². The maximum absolute atomic E-state index is 5.31. The molecule has 1 heterocycles. The van der Waals surface area contributed by atoms with Crippen molar-refractivity contribution in [3.05, 3.63) is 0 Å². The summed E-state index contributed by atoms with van der Waals surface area (Å²) in [4.78, 5) is 2.42. The number of nitrogens with one attached hydrogen (secondary N) is 1. The minimum Gasteiger partial charge on any atom is -0.365 e. The summed E-state index contributed by atoms with van der Waals surface area (Å²) in [6.07, 6.45) is 0. The predicted octanol–water partition coefficient (Wildman–Crippen LogP) is 0.274. The van der Waals surface area contributed by atoms with Crippen LogP contribution in [-0.4, -0.2) is 43.9 Å². The van der Waals surface area contributed by atoms with E-state index in [-0.39, 0.29) is 0 Å². The van der Waals surface area contributed by atoms with Crippen molar-refractivity contribution in [2.24, 2.45) is 0 Å². The van der Waals surface area contributed by atoms with Crippen LogP contribution in [0, 0.1) is 0 Å². The van der Waals surface area contributed by atoms with Gasteiger partial charge in [0.25, 0.3) is 0 Å². The van der Waals surface area contributed by atoms with Gasteiger partial charge in [-0.15, -0.1) is 0 Å². The monoisotopic (exact) mass is 158 g/mol.